The zero-order valence-electron chi connectivity index (χ0n) is 8.06. The molecule has 1 aliphatic rings. The molecular formula is C8H10N2O4S. The third-order valence-electron chi connectivity index (χ3n) is 2.55. The molecule has 0 unspecified atom stereocenters. The van der Waals surface area contributed by atoms with E-state index in [-0.39, 0.29) is 11.7 Å². The van der Waals surface area contributed by atoms with Gasteiger partial charge in [-0.05, 0) is 12.8 Å². The second-order valence-corrected chi connectivity index (χ2v) is 5.99. The van der Waals surface area contributed by atoms with Crippen LogP contribution in [0, 0.1) is 0 Å². The monoisotopic (exact) mass is 230 g/mol. The van der Waals surface area contributed by atoms with E-state index in [1.165, 1.54) is 0 Å². The van der Waals surface area contributed by atoms with E-state index in [9.17, 15) is 13.2 Å². The summed E-state index contributed by atoms with van der Waals surface area (Å²) in [6, 6.07) is 0. The number of nitrogens with two attached hydrogens (primary N) is 1. The van der Waals surface area contributed by atoms with Gasteiger partial charge in [-0.25, -0.2) is 13.4 Å². The fraction of sp³-hybridized carbons (Fsp3) is 0.500. The van der Waals surface area contributed by atoms with Crippen LogP contribution in [0.1, 0.15) is 29.3 Å². The quantitative estimate of drug-likeness (QED) is 0.774. The van der Waals surface area contributed by atoms with Crippen molar-refractivity contribution in [3.8, 4) is 0 Å². The van der Waals surface area contributed by atoms with Gasteiger partial charge in [-0.3, -0.25) is 4.79 Å². The van der Waals surface area contributed by atoms with Gasteiger partial charge in [-0.15, -0.1) is 0 Å². The van der Waals surface area contributed by atoms with E-state index in [1.807, 2.05) is 0 Å². The van der Waals surface area contributed by atoms with Gasteiger partial charge in [0.05, 0.1) is 6.20 Å². The van der Waals surface area contributed by atoms with E-state index in [2.05, 4.69) is 4.98 Å². The summed E-state index contributed by atoms with van der Waals surface area (Å²) in [4.78, 5) is 14.5. The predicted octanol–water partition coefficient (Wildman–Crippen LogP) is -0.193. The number of carbonyl (C=O) groups is 1. The number of oxazole rings is 1. The van der Waals surface area contributed by atoms with Gasteiger partial charge in [0.15, 0.2) is 9.84 Å². The molecule has 0 radical (unpaired) electrons. The van der Waals surface area contributed by atoms with E-state index < -0.39 is 20.5 Å². The molecule has 0 aliphatic heterocycles. The number of nitrogens with zero attached hydrogens (tertiary/aromatic N) is 1. The molecule has 1 aliphatic carbocycles. The lowest BCUT2D eigenvalue weighted by Crippen LogP contribution is -2.19. The first-order chi connectivity index (χ1) is 6.87. The molecule has 1 fully saturated rings. The number of hydrogen-bond acceptors (Lipinski definition) is 5. The van der Waals surface area contributed by atoms with Gasteiger partial charge < -0.3 is 10.2 Å². The largest absolute Gasteiger partial charge is 0.434 e. The van der Waals surface area contributed by atoms with Crippen molar-refractivity contribution in [3.05, 3.63) is 17.8 Å². The number of carbonyl (C=O) groups excluding carboxylic acids is 1. The molecule has 82 valence electrons. The van der Waals surface area contributed by atoms with E-state index in [4.69, 9.17) is 10.2 Å². The Morgan fingerprint density at radius 3 is 2.53 bits per heavy atom. The van der Waals surface area contributed by atoms with Gasteiger partial charge in [0.2, 0.25) is 11.7 Å². The smallest absolute Gasteiger partial charge is 0.286 e. The van der Waals surface area contributed by atoms with Crippen LogP contribution in [0.5, 0.6) is 0 Å². The van der Waals surface area contributed by atoms with Gasteiger partial charge in [0.1, 0.15) is 4.75 Å². The maximum absolute atomic E-state index is 11.5. The van der Waals surface area contributed by atoms with Crippen molar-refractivity contribution < 1.29 is 17.6 Å². The number of amides is 1. The maximum Gasteiger partial charge on any atom is 0.286 e. The first-order valence-electron chi connectivity index (χ1n) is 4.32. The Hall–Kier alpha value is -1.37. The highest BCUT2D eigenvalue weighted by atomic mass is 32.2. The van der Waals surface area contributed by atoms with Crippen LogP contribution in [-0.4, -0.2) is 25.6 Å². The van der Waals surface area contributed by atoms with E-state index in [0.717, 1.165) is 12.5 Å². The third-order valence-corrected chi connectivity index (χ3v) is 4.55. The molecule has 1 aromatic rings. The minimum atomic E-state index is -3.27. The summed E-state index contributed by atoms with van der Waals surface area (Å²) in [6.45, 7) is 0. The summed E-state index contributed by atoms with van der Waals surface area (Å²) < 4.78 is 27.0. The summed E-state index contributed by atoms with van der Waals surface area (Å²) in [5.74, 6) is -0.795. The second kappa shape index (κ2) is 2.82. The lowest BCUT2D eigenvalue weighted by atomic mass is 10.4. The average molecular weight is 230 g/mol. The van der Waals surface area contributed by atoms with Crippen LogP contribution in [0.15, 0.2) is 10.6 Å². The van der Waals surface area contributed by atoms with Crippen LogP contribution in [0.4, 0.5) is 0 Å². The highest BCUT2D eigenvalue weighted by molar-refractivity contribution is 7.91. The molecule has 7 heteroatoms. The van der Waals surface area contributed by atoms with Crippen molar-refractivity contribution in [2.75, 3.05) is 6.26 Å². The first kappa shape index (κ1) is 10.2. The lowest BCUT2D eigenvalue weighted by Gasteiger charge is -2.07. The number of primary amides is 1. The summed E-state index contributed by atoms with van der Waals surface area (Å²) in [6.07, 6.45) is 3.24. The minimum absolute atomic E-state index is 0.0683. The van der Waals surface area contributed by atoms with Gasteiger partial charge in [0, 0.05) is 6.26 Å². The molecule has 0 bridgehead atoms. The van der Waals surface area contributed by atoms with Gasteiger partial charge in [-0.2, -0.15) is 0 Å². The number of aromatic nitrogens is 1. The molecule has 1 aromatic heterocycles. The van der Waals surface area contributed by atoms with Crippen molar-refractivity contribution in [3.63, 3.8) is 0 Å². The summed E-state index contributed by atoms with van der Waals surface area (Å²) in [7, 11) is -3.27. The molecule has 0 spiro atoms. The first-order valence-corrected chi connectivity index (χ1v) is 6.22. The second-order valence-electron chi connectivity index (χ2n) is 3.66. The minimum Gasteiger partial charge on any atom is -0.434 e. The zero-order valence-corrected chi connectivity index (χ0v) is 8.87. The molecule has 0 saturated heterocycles. The SMILES string of the molecule is CS(=O)(=O)C1(c2ncc(C(N)=O)o2)CC1. The van der Waals surface area contributed by atoms with Gasteiger partial charge >= 0.3 is 0 Å². The van der Waals surface area contributed by atoms with Crippen LogP contribution in [-0.2, 0) is 14.6 Å². The topological polar surface area (TPSA) is 103 Å². The average Bonchev–Trinajstić information content (AvgIpc) is 2.77. The van der Waals surface area contributed by atoms with Crippen molar-refractivity contribution in [2.24, 2.45) is 5.73 Å². The Morgan fingerprint density at radius 1 is 1.60 bits per heavy atom. The van der Waals surface area contributed by atoms with Crippen molar-refractivity contribution in [1.29, 1.82) is 0 Å². The molecule has 2 rings (SSSR count). The zero-order chi connectivity index (χ0) is 11.3. The van der Waals surface area contributed by atoms with Crippen LogP contribution in [0.2, 0.25) is 0 Å². The van der Waals surface area contributed by atoms with Crippen LogP contribution in [0.25, 0.3) is 0 Å². The standard InChI is InChI=1S/C8H10N2O4S/c1-15(12,13)8(2-3-8)7-10-4-5(14-7)6(9)11/h4H,2-3H2,1H3,(H2,9,11). The highest BCUT2D eigenvalue weighted by Gasteiger charge is 2.57. The normalized spacial score (nSPS) is 18.7. The Balaban J connectivity index is 2.43. The van der Waals surface area contributed by atoms with Crippen molar-refractivity contribution >= 4 is 15.7 Å². The van der Waals surface area contributed by atoms with E-state index >= 15 is 0 Å². The van der Waals surface area contributed by atoms with Gasteiger partial charge in [0.25, 0.3) is 5.91 Å². The fourth-order valence-electron chi connectivity index (χ4n) is 1.46. The predicted molar refractivity (Wildman–Crippen MR) is 50.8 cm³/mol. The van der Waals surface area contributed by atoms with Gasteiger partial charge in [-0.1, -0.05) is 0 Å². The highest BCUT2D eigenvalue weighted by Crippen LogP contribution is 2.51. The number of sulfone groups is 1. The molecule has 15 heavy (non-hydrogen) atoms. The lowest BCUT2D eigenvalue weighted by molar-refractivity contribution is 0.0971. The van der Waals surface area contributed by atoms with Crippen LogP contribution < -0.4 is 5.73 Å². The Kier molecular flexibility index (Phi) is 1.91. The van der Waals surface area contributed by atoms with Crippen molar-refractivity contribution in [1.82, 2.24) is 4.98 Å². The molecular weight excluding hydrogens is 220 g/mol. The Bertz CT molecular complexity index is 512. The molecule has 0 aromatic carbocycles. The summed E-state index contributed by atoms with van der Waals surface area (Å²) in [5.41, 5.74) is 4.98. The molecule has 1 amide bonds. The molecule has 2 N–H and O–H groups in total. The fourth-order valence-corrected chi connectivity index (χ4v) is 2.71. The van der Waals surface area contributed by atoms with Crippen molar-refractivity contribution in [2.45, 2.75) is 17.6 Å². The number of rotatable bonds is 3. The van der Waals surface area contributed by atoms with Crippen LogP contribution in [0.3, 0.4) is 0 Å². The molecule has 1 heterocycles. The summed E-state index contributed by atoms with van der Waals surface area (Å²) >= 11 is 0. The maximum atomic E-state index is 11.5. The van der Waals surface area contributed by atoms with E-state index in [1.54, 1.807) is 0 Å². The Morgan fingerprint density at radius 2 is 2.20 bits per heavy atom. The summed E-state index contributed by atoms with van der Waals surface area (Å²) in [5, 5.41) is 0. The molecule has 6 nitrogen and oxygen atoms in total. The Labute approximate surface area is 86.4 Å². The third kappa shape index (κ3) is 1.43. The van der Waals surface area contributed by atoms with E-state index in [0.29, 0.717) is 12.8 Å². The molecule has 1 saturated carbocycles. The molecule has 0 atom stereocenters. The number of hydrogen-bond donors (Lipinski definition) is 1. The van der Waals surface area contributed by atoms with Crippen LogP contribution >= 0.6 is 0 Å².